The van der Waals surface area contributed by atoms with Crippen molar-refractivity contribution in [3.8, 4) is 0 Å². The summed E-state index contributed by atoms with van der Waals surface area (Å²) in [5, 5.41) is 16.9. The third-order valence-electron chi connectivity index (χ3n) is 4.66. The van der Waals surface area contributed by atoms with Crippen LogP contribution in [0.4, 0.5) is 5.95 Å². The van der Waals surface area contributed by atoms with Crippen LogP contribution in [0.5, 0.6) is 0 Å². The van der Waals surface area contributed by atoms with Crippen LogP contribution in [-0.2, 0) is 11.2 Å². The van der Waals surface area contributed by atoms with E-state index in [-0.39, 0.29) is 24.6 Å². The fourth-order valence-corrected chi connectivity index (χ4v) is 3.19. The van der Waals surface area contributed by atoms with Crippen LogP contribution in [0.2, 0.25) is 0 Å². The number of rotatable bonds is 5. The number of fused-ring (bicyclic) bond motifs is 1. The quantitative estimate of drug-likeness (QED) is 0.856. The molecule has 1 aromatic carbocycles. The summed E-state index contributed by atoms with van der Waals surface area (Å²) in [6.45, 7) is 3.70. The molecule has 0 radical (unpaired) electrons. The Bertz CT molecular complexity index is 784. The van der Waals surface area contributed by atoms with E-state index in [0.29, 0.717) is 17.9 Å². The molecule has 0 saturated carbocycles. The van der Waals surface area contributed by atoms with Gasteiger partial charge in [0.05, 0.1) is 24.3 Å². The number of benzene rings is 1. The van der Waals surface area contributed by atoms with E-state index < -0.39 is 0 Å². The third-order valence-corrected chi connectivity index (χ3v) is 4.66. The minimum Gasteiger partial charge on any atom is -0.394 e. The summed E-state index contributed by atoms with van der Waals surface area (Å²) in [5.41, 5.74) is 2.54. The van der Waals surface area contributed by atoms with Crippen molar-refractivity contribution in [1.82, 2.24) is 20.1 Å². The highest BCUT2D eigenvalue weighted by Gasteiger charge is 2.32. The molecule has 1 aliphatic rings. The minimum atomic E-state index is -0.343. The molecule has 1 amide bonds. The first-order valence-electron chi connectivity index (χ1n) is 8.32. The molecule has 0 spiro atoms. The topological polar surface area (TPSA) is 83.3 Å². The number of carbonyl (C=O) groups excluding carboxylic acids is 1. The maximum absolute atomic E-state index is 12.9. The monoisotopic (exact) mass is 341 g/mol. The number of aromatic nitrogens is 3. The molecule has 7 heteroatoms. The number of aliphatic hydroxyl groups excluding tert-OH is 1. The molecule has 0 aliphatic carbocycles. The number of hydrogen-bond donors (Lipinski definition) is 2. The maximum Gasteiger partial charge on any atom is 0.251 e. The van der Waals surface area contributed by atoms with E-state index in [0.717, 1.165) is 11.3 Å². The molecule has 25 heavy (non-hydrogen) atoms. The van der Waals surface area contributed by atoms with Crippen molar-refractivity contribution in [2.45, 2.75) is 32.4 Å². The van der Waals surface area contributed by atoms with Crippen molar-refractivity contribution in [2.24, 2.45) is 0 Å². The van der Waals surface area contributed by atoms with E-state index in [9.17, 15) is 9.90 Å². The molecule has 3 rings (SSSR count). The average Bonchev–Trinajstić information content (AvgIpc) is 3.10. The number of aliphatic hydroxyl groups is 1. The smallest absolute Gasteiger partial charge is 0.251 e. The van der Waals surface area contributed by atoms with Crippen LogP contribution in [0.15, 0.2) is 47.9 Å². The Morgan fingerprint density at radius 1 is 1.36 bits per heavy atom. The summed E-state index contributed by atoms with van der Waals surface area (Å²) in [7, 11) is 1.86. The number of amides is 1. The van der Waals surface area contributed by atoms with E-state index in [1.165, 1.54) is 6.33 Å². The summed E-state index contributed by atoms with van der Waals surface area (Å²) in [4.78, 5) is 19.0. The van der Waals surface area contributed by atoms with E-state index in [2.05, 4.69) is 15.4 Å². The first kappa shape index (κ1) is 17.2. The van der Waals surface area contributed by atoms with Crippen LogP contribution in [-0.4, -0.2) is 45.5 Å². The summed E-state index contributed by atoms with van der Waals surface area (Å²) in [6.07, 6.45) is 2.07. The molecule has 2 heterocycles. The average molecular weight is 341 g/mol. The highest BCUT2D eigenvalue weighted by molar-refractivity contribution is 5.96. The molecule has 0 saturated heterocycles. The van der Waals surface area contributed by atoms with Gasteiger partial charge in [0.1, 0.15) is 6.33 Å². The first-order valence-corrected chi connectivity index (χ1v) is 8.32. The first-order chi connectivity index (χ1) is 12.0. The standard InChI is InChI=1S/C18H23N5O2/c1-12-16(13(2)23-18(22(12)3)19-11-20-23)17(25)21-15(10-24)9-14-7-5-4-6-8-14/h4-8,11,13,15,24H,9-10H2,1-3H3,(H,21,25)/t13?,15-/m0/s1. The van der Waals surface area contributed by atoms with Crippen molar-refractivity contribution in [3.63, 3.8) is 0 Å². The zero-order valence-corrected chi connectivity index (χ0v) is 14.7. The Morgan fingerprint density at radius 3 is 2.76 bits per heavy atom. The predicted molar refractivity (Wildman–Crippen MR) is 95.0 cm³/mol. The van der Waals surface area contributed by atoms with Crippen molar-refractivity contribution in [1.29, 1.82) is 0 Å². The lowest BCUT2D eigenvalue weighted by Gasteiger charge is -2.32. The molecular weight excluding hydrogens is 318 g/mol. The fourth-order valence-electron chi connectivity index (χ4n) is 3.19. The normalized spacial score (nSPS) is 18.1. The molecule has 2 N–H and O–H groups in total. The molecule has 1 aliphatic heterocycles. The maximum atomic E-state index is 12.9. The van der Waals surface area contributed by atoms with Crippen LogP contribution < -0.4 is 10.2 Å². The van der Waals surface area contributed by atoms with Gasteiger partial charge in [0.2, 0.25) is 5.95 Å². The molecule has 2 atom stereocenters. The lowest BCUT2D eigenvalue weighted by atomic mass is 10.0. The van der Waals surface area contributed by atoms with Gasteiger partial charge in [0.15, 0.2) is 0 Å². The minimum absolute atomic E-state index is 0.119. The van der Waals surface area contributed by atoms with Crippen LogP contribution in [0.3, 0.4) is 0 Å². The van der Waals surface area contributed by atoms with E-state index in [1.807, 2.05) is 56.1 Å². The van der Waals surface area contributed by atoms with Gasteiger partial charge in [0.25, 0.3) is 5.91 Å². The Balaban J connectivity index is 1.78. The van der Waals surface area contributed by atoms with Gasteiger partial charge in [0, 0.05) is 12.7 Å². The van der Waals surface area contributed by atoms with Crippen LogP contribution >= 0.6 is 0 Å². The second-order valence-electron chi connectivity index (χ2n) is 6.28. The van der Waals surface area contributed by atoms with Crippen LogP contribution in [0, 0.1) is 0 Å². The summed E-state index contributed by atoms with van der Waals surface area (Å²) in [6, 6.07) is 9.25. The van der Waals surface area contributed by atoms with Gasteiger partial charge in [-0.25, -0.2) is 4.68 Å². The molecule has 132 valence electrons. The van der Waals surface area contributed by atoms with E-state index in [4.69, 9.17) is 0 Å². The number of anilines is 1. The van der Waals surface area contributed by atoms with E-state index in [1.54, 1.807) is 4.68 Å². The fraction of sp³-hybridized carbons (Fsp3) is 0.389. The molecule has 0 fully saturated rings. The number of nitrogens with one attached hydrogen (secondary N) is 1. The van der Waals surface area contributed by atoms with Crippen molar-refractivity contribution >= 4 is 11.9 Å². The molecule has 0 bridgehead atoms. The highest BCUT2D eigenvalue weighted by Crippen LogP contribution is 2.32. The lowest BCUT2D eigenvalue weighted by molar-refractivity contribution is -0.119. The zero-order valence-electron chi connectivity index (χ0n) is 14.7. The van der Waals surface area contributed by atoms with Crippen molar-refractivity contribution < 1.29 is 9.90 Å². The summed E-state index contributed by atoms with van der Waals surface area (Å²) >= 11 is 0. The second-order valence-corrected chi connectivity index (χ2v) is 6.28. The zero-order chi connectivity index (χ0) is 18.0. The Labute approximate surface area is 147 Å². The lowest BCUT2D eigenvalue weighted by Crippen LogP contribution is -2.43. The van der Waals surface area contributed by atoms with Crippen molar-refractivity contribution in [2.75, 3.05) is 18.6 Å². The van der Waals surface area contributed by atoms with Gasteiger partial charge < -0.3 is 15.3 Å². The Hall–Kier alpha value is -2.67. The molecule has 2 aromatic rings. The van der Waals surface area contributed by atoms with Gasteiger partial charge >= 0.3 is 0 Å². The number of nitrogens with zero attached hydrogens (tertiary/aromatic N) is 4. The van der Waals surface area contributed by atoms with Crippen molar-refractivity contribution in [3.05, 3.63) is 53.5 Å². The van der Waals surface area contributed by atoms with Gasteiger partial charge in [-0.15, -0.1) is 0 Å². The van der Waals surface area contributed by atoms with Gasteiger partial charge in [-0.2, -0.15) is 10.1 Å². The summed E-state index contributed by atoms with van der Waals surface area (Å²) < 4.78 is 1.73. The van der Waals surface area contributed by atoms with Gasteiger partial charge in [-0.05, 0) is 25.8 Å². The molecule has 1 aromatic heterocycles. The Morgan fingerprint density at radius 2 is 2.08 bits per heavy atom. The second kappa shape index (κ2) is 7.06. The summed E-state index contributed by atoms with van der Waals surface area (Å²) in [5.74, 6) is 0.525. The van der Waals surface area contributed by atoms with E-state index >= 15 is 0 Å². The van der Waals surface area contributed by atoms with Gasteiger partial charge in [-0.3, -0.25) is 4.79 Å². The highest BCUT2D eigenvalue weighted by atomic mass is 16.3. The van der Waals surface area contributed by atoms with Crippen LogP contribution in [0.25, 0.3) is 0 Å². The van der Waals surface area contributed by atoms with Crippen LogP contribution in [0.1, 0.15) is 25.5 Å². The largest absolute Gasteiger partial charge is 0.394 e. The predicted octanol–water partition coefficient (Wildman–Crippen LogP) is 1.28. The molecule has 7 nitrogen and oxygen atoms in total. The third kappa shape index (κ3) is 3.28. The SMILES string of the molecule is CC1=C(C(=O)N[C@H](CO)Cc2ccccc2)C(C)n2ncnc2N1C. The molecule has 1 unspecified atom stereocenters. The number of hydrogen-bond acceptors (Lipinski definition) is 5. The molecular formula is C18H23N5O2. The Kier molecular flexibility index (Phi) is 4.85. The number of carbonyl (C=O) groups is 1. The van der Waals surface area contributed by atoms with Gasteiger partial charge in [-0.1, -0.05) is 30.3 Å². The number of allylic oxidation sites excluding steroid dienone is 1.